The largest absolute Gasteiger partial charge is 0.465 e. The first-order valence-electron chi connectivity index (χ1n) is 6.05. The zero-order valence-electron chi connectivity index (χ0n) is 10.9. The van der Waals surface area contributed by atoms with Crippen LogP contribution >= 0.6 is 27.5 Å². The van der Waals surface area contributed by atoms with Crippen LogP contribution in [0.25, 0.3) is 10.8 Å². The standard InChI is InChI=1S/C11H12BrN5O2S/c1-5-7-8(12)14-9(10-13-6(2)15-20-10)17(7)4-3-16(5)11(18)19/h5H,3-4H2,1-2H3,(H,18,19). The number of aromatic nitrogens is 4. The van der Waals surface area contributed by atoms with Crippen molar-refractivity contribution in [2.24, 2.45) is 0 Å². The number of carbonyl (C=O) groups is 1. The molecule has 0 fully saturated rings. The van der Waals surface area contributed by atoms with Gasteiger partial charge >= 0.3 is 6.09 Å². The van der Waals surface area contributed by atoms with Crippen molar-refractivity contribution in [3.05, 3.63) is 16.1 Å². The topological polar surface area (TPSA) is 84.1 Å². The second kappa shape index (κ2) is 4.81. The average Bonchev–Trinajstić information content (AvgIpc) is 2.94. The highest BCUT2D eigenvalue weighted by Crippen LogP contribution is 2.35. The van der Waals surface area contributed by atoms with Gasteiger partial charge in [-0.2, -0.15) is 4.37 Å². The summed E-state index contributed by atoms with van der Waals surface area (Å²) in [5.74, 6) is 1.46. The Labute approximate surface area is 127 Å². The zero-order chi connectivity index (χ0) is 14.4. The van der Waals surface area contributed by atoms with Crippen molar-refractivity contribution < 1.29 is 9.90 Å². The molecular formula is C11H12BrN5O2S. The van der Waals surface area contributed by atoms with E-state index < -0.39 is 6.09 Å². The van der Waals surface area contributed by atoms with Crippen molar-refractivity contribution in [1.29, 1.82) is 0 Å². The van der Waals surface area contributed by atoms with E-state index in [0.717, 1.165) is 22.4 Å². The van der Waals surface area contributed by atoms with Gasteiger partial charge in [0.1, 0.15) is 10.4 Å². The monoisotopic (exact) mass is 357 g/mol. The fraction of sp³-hybridized carbons (Fsp3) is 0.455. The number of rotatable bonds is 1. The van der Waals surface area contributed by atoms with E-state index in [-0.39, 0.29) is 6.04 Å². The lowest BCUT2D eigenvalue weighted by molar-refractivity contribution is 0.115. The van der Waals surface area contributed by atoms with Gasteiger partial charge in [0.15, 0.2) is 10.8 Å². The summed E-state index contributed by atoms with van der Waals surface area (Å²) in [7, 11) is 0. The van der Waals surface area contributed by atoms with Gasteiger partial charge in [-0.1, -0.05) is 0 Å². The van der Waals surface area contributed by atoms with Gasteiger partial charge in [0, 0.05) is 13.1 Å². The molecule has 3 heterocycles. The molecule has 1 atom stereocenters. The molecule has 0 aliphatic carbocycles. The van der Waals surface area contributed by atoms with E-state index in [1.807, 2.05) is 18.4 Å². The van der Waals surface area contributed by atoms with Gasteiger partial charge in [-0.05, 0) is 41.3 Å². The number of imidazole rings is 1. The maximum Gasteiger partial charge on any atom is 0.407 e. The molecule has 7 nitrogen and oxygen atoms in total. The van der Waals surface area contributed by atoms with Crippen molar-refractivity contribution in [3.8, 4) is 10.8 Å². The van der Waals surface area contributed by atoms with Crippen LogP contribution in [-0.2, 0) is 6.54 Å². The highest BCUT2D eigenvalue weighted by Gasteiger charge is 2.33. The minimum Gasteiger partial charge on any atom is -0.465 e. The van der Waals surface area contributed by atoms with Gasteiger partial charge < -0.3 is 9.67 Å². The van der Waals surface area contributed by atoms with Crippen LogP contribution in [0.5, 0.6) is 0 Å². The molecule has 0 radical (unpaired) electrons. The van der Waals surface area contributed by atoms with Gasteiger partial charge in [-0.25, -0.2) is 14.8 Å². The van der Waals surface area contributed by atoms with Gasteiger partial charge in [-0.3, -0.25) is 4.90 Å². The molecule has 1 aliphatic rings. The molecule has 0 spiro atoms. The van der Waals surface area contributed by atoms with Crippen LogP contribution in [0.4, 0.5) is 4.79 Å². The van der Waals surface area contributed by atoms with Crippen LogP contribution in [0.1, 0.15) is 24.5 Å². The Morgan fingerprint density at radius 1 is 1.45 bits per heavy atom. The van der Waals surface area contributed by atoms with Crippen molar-refractivity contribution >= 4 is 33.6 Å². The molecule has 1 aliphatic heterocycles. The maximum absolute atomic E-state index is 11.2. The minimum absolute atomic E-state index is 0.245. The summed E-state index contributed by atoms with van der Waals surface area (Å²) in [4.78, 5) is 21.5. The highest BCUT2D eigenvalue weighted by molar-refractivity contribution is 9.10. The Kier molecular flexibility index (Phi) is 3.25. The summed E-state index contributed by atoms with van der Waals surface area (Å²) in [6.45, 7) is 4.71. The Morgan fingerprint density at radius 3 is 2.80 bits per heavy atom. The van der Waals surface area contributed by atoms with Crippen LogP contribution in [0.3, 0.4) is 0 Å². The second-order valence-electron chi connectivity index (χ2n) is 4.56. The van der Waals surface area contributed by atoms with E-state index >= 15 is 0 Å². The third-order valence-corrected chi connectivity index (χ3v) is 4.74. The van der Waals surface area contributed by atoms with Crippen LogP contribution < -0.4 is 0 Å². The Morgan fingerprint density at radius 2 is 2.20 bits per heavy atom. The SMILES string of the molecule is Cc1nsc(-c2nc(Br)c3n2CCN(C(=O)O)C3C)n1. The normalized spacial score (nSPS) is 18.1. The van der Waals surface area contributed by atoms with Gasteiger partial charge in [-0.15, -0.1) is 0 Å². The number of hydrogen-bond acceptors (Lipinski definition) is 5. The first kappa shape index (κ1) is 13.5. The molecule has 9 heteroatoms. The van der Waals surface area contributed by atoms with Crippen LogP contribution in [0.15, 0.2) is 4.60 Å². The predicted octanol–water partition coefficient (Wildman–Crippen LogP) is 2.53. The number of amides is 1. The van der Waals surface area contributed by atoms with Gasteiger partial charge in [0.05, 0.1) is 11.7 Å². The van der Waals surface area contributed by atoms with Crippen molar-refractivity contribution in [3.63, 3.8) is 0 Å². The first-order chi connectivity index (χ1) is 9.49. The van der Waals surface area contributed by atoms with E-state index in [1.165, 1.54) is 16.4 Å². The second-order valence-corrected chi connectivity index (χ2v) is 6.06. The van der Waals surface area contributed by atoms with Gasteiger partial charge in [0.2, 0.25) is 0 Å². The quantitative estimate of drug-likeness (QED) is 0.847. The van der Waals surface area contributed by atoms with E-state index in [0.29, 0.717) is 17.7 Å². The minimum atomic E-state index is -0.912. The third kappa shape index (κ3) is 2.01. The summed E-state index contributed by atoms with van der Waals surface area (Å²) in [5, 5.41) is 9.97. The molecule has 20 heavy (non-hydrogen) atoms. The molecule has 1 amide bonds. The molecule has 0 saturated carbocycles. The zero-order valence-corrected chi connectivity index (χ0v) is 13.3. The van der Waals surface area contributed by atoms with Crippen molar-refractivity contribution in [2.75, 3.05) is 6.54 Å². The molecule has 1 unspecified atom stereocenters. The fourth-order valence-corrected chi connectivity index (χ4v) is 3.80. The molecule has 106 valence electrons. The number of nitrogens with zero attached hydrogens (tertiary/aromatic N) is 5. The van der Waals surface area contributed by atoms with E-state index in [9.17, 15) is 9.90 Å². The number of aryl methyl sites for hydroxylation is 1. The molecule has 2 aromatic heterocycles. The predicted molar refractivity (Wildman–Crippen MR) is 76.7 cm³/mol. The Bertz CT molecular complexity index is 682. The highest BCUT2D eigenvalue weighted by atomic mass is 79.9. The lowest BCUT2D eigenvalue weighted by atomic mass is 10.2. The smallest absolute Gasteiger partial charge is 0.407 e. The molecule has 0 bridgehead atoms. The summed E-state index contributed by atoms with van der Waals surface area (Å²) < 4.78 is 6.86. The van der Waals surface area contributed by atoms with Crippen molar-refractivity contribution in [1.82, 2.24) is 23.8 Å². The summed E-state index contributed by atoms with van der Waals surface area (Å²) >= 11 is 4.73. The number of halogens is 1. The van der Waals surface area contributed by atoms with Gasteiger partial charge in [0.25, 0.3) is 0 Å². The van der Waals surface area contributed by atoms with Crippen molar-refractivity contribution in [2.45, 2.75) is 26.4 Å². The Balaban J connectivity index is 2.09. The first-order valence-corrected chi connectivity index (χ1v) is 7.62. The fourth-order valence-electron chi connectivity index (χ4n) is 2.42. The van der Waals surface area contributed by atoms with Crippen LogP contribution in [-0.4, -0.2) is 41.6 Å². The third-order valence-electron chi connectivity index (χ3n) is 3.35. The number of hydrogen-bond donors (Lipinski definition) is 1. The lowest BCUT2D eigenvalue weighted by Gasteiger charge is -2.32. The molecule has 3 rings (SSSR count). The molecular weight excluding hydrogens is 346 g/mol. The Hall–Kier alpha value is -1.48. The molecule has 0 aromatic carbocycles. The number of fused-ring (bicyclic) bond motifs is 1. The number of carboxylic acid groups (broad SMARTS) is 1. The lowest BCUT2D eigenvalue weighted by Crippen LogP contribution is -2.40. The van der Waals surface area contributed by atoms with E-state index in [1.54, 1.807) is 0 Å². The molecule has 1 N–H and O–H groups in total. The molecule has 2 aromatic rings. The molecule has 0 saturated heterocycles. The van der Waals surface area contributed by atoms with Crippen LogP contribution in [0, 0.1) is 6.92 Å². The van der Waals surface area contributed by atoms with E-state index in [2.05, 4.69) is 30.3 Å². The van der Waals surface area contributed by atoms with E-state index in [4.69, 9.17) is 0 Å². The summed E-state index contributed by atoms with van der Waals surface area (Å²) in [6, 6.07) is -0.245. The average molecular weight is 358 g/mol. The maximum atomic E-state index is 11.2. The van der Waals surface area contributed by atoms with Crippen LogP contribution in [0.2, 0.25) is 0 Å². The summed E-state index contributed by atoms with van der Waals surface area (Å²) in [5.41, 5.74) is 0.863. The summed E-state index contributed by atoms with van der Waals surface area (Å²) in [6.07, 6.45) is -0.912.